The molecule has 0 aromatic rings. The molecule has 0 saturated carbocycles. The van der Waals surface area contributed by atoms with Gasteiger partial charge >= 0.3 is 0 Å². The molecular weight excluding hydrogens is 149 g/mol. The molecule has 1 radical (unpaired) electrons. The maximum absolute atomic E-state index is 8.11. The van der Waals surface area contributed by atoms with Crippen LogP contribution in [0.25, 0.3) is 0 Å². The first-order valence-electron chi connectivity index (χ1n) is 0.383. The van der Waals surface area contributed by atoms with Crippen LogP contribution in [0.1, 0.15) is 0 Å². The minimum atomic E-state index is 0. The van der Waals surface area contributed by atoms with Gasteiger partial charge in [0.2, 0.25) is 0 Å². The molecule has 0 aliphatic carbocycles. The van der Waals surface area contributed by atoms with Crippen molar-refractivity contribution in [1.29, 1.82) is 0 Å². The molecule has 0 heterocycles. The van der Waals surface area contributed by atoms with Crippen molar-refractivity contribution in [1.82, 2.24) is 0 Å². The van der Waals surface area contributed by atoms with Gasteiger partial charge in [0.15, 0.2) is 5.34 Å². The van der Waals surface area contributed by atoms with E-state index in [2.05, 4.69) is 0 Å². The molecule has 0 saturated heterocycles. The van der Waals surface area contributed by atoms with Crippen molar-refractivity contribution in [2.24, 2.45) is 5.34 Å². The summed E-state index contributed by atoms with van der Waals surface area (Å²) in [4.78, 5) is 8.11. The van der Waals surface area contributed by atoms with Gasteiger partial charge in [0.05, 0.1) is 0 Å². The zero-order valence-electron chi connectivity index (χ0n) is 1.64. The number of rotatable bonds is 0. The van der Waals surface area contributed by atoms with E-state index in [1.807, 2.05) is 0 Å². The van der Waals surface area contributed by atoms with E-state index in [9.17, 15) is 0 Å². The first kappa shape index (κ1) is 8.98. The number of nitrogens with zero attached hydrogens (tertiary/aromatic N) is 1. The van der Waals surface area contributed by atoms with E-state index in [4.69, 9.17) is 10.1 Å². The minimum Gasteiger partial charge on any atom is -0.379 e. The Kier molecular flexibility index (Phi) is 26.5. The largest absolute Gasteiger partial charge is 0.379 e. The number of hydrogen-bond donors (Lipinski definition) is 1. The van der Waals surface area contributed by atoms with Gasteiger partial charge in [-0.25, -0.2) is 0 Å². The summed E-state index contributed by atoms with van der Waals surface area (Å²) in [6, 6.07) is 0. The van der Waals surface area contributed by atoms with Crippen LogP contribution in [0.4, 0.5) is 0 Å². The SMILES string of the molecule is O=NO.[Rh]. The Morgan fingerprint density at radius 2 is 1.75 bits per heavy atom. The summed E-state index contributed by atoms with van der Waals surface area (Å²) >= 11 is 0. The maximum Gasteiger partial charge on any atom is 0.152 e. The van der Waals surface area contributed by atoms with Gasteiger partial charge in [-0.05, 0) is 0 Å². The molecule has 0 spiro atoms. The van der Waals surface area contributed by atoms with Gasteiger partial charge < -0.3 is 5.21 Å². The second kappa shape index (κ2) is 11.8. The van der Waals surface area contributed by atoms with Crippen molar-refractivity contribution < 1.29 is 24.7 Å². The fourth-order valence-electron chi connectivity index (χ4n) is 0. The maximum atomic E-state index is 8.11. The van der Waals surface area contributed by atoms with Gasteiger partial charge in [0.25, 0.3) is 0 Å². The van der Waals surface area contributed by atoms with Gasteiger partial charge in [0, 0.05) is 19.5 Å². The van der Waals surface area contributed by atoms with E-state index in [0.717, 1.165) is 0 Å². The third kappa shape index (κ3) is 3880. The van der Waals surface area contributed by atoms with Crippen molar-refractivity contribution >= 4 is 0 Å². The van der Waals surface area contributed by atoms with E-state index in [1.54, 1.807) is 0 Å². The monoisotopic (exact) mass is 150 g/mol. The molecular formula is HNO2Rh. The van der Waals surface area contributed by atoms with Crippen LogP contribution in [-0.2, 0) is 19.5 Å². The summed E-state index contributed by atoms with van der Waals surface area (Å²) in [5, 5.41) is 7.89. The summed E-state index contributed by atoms with van der Waals surface area (Å²) in [7, 11) is 0. The van der Waals surface area contributed by atoms with E-state index >= 15 is 0 Å². The Bertz CT molecular complexity index is 13.5. The molecule has 0 rings (SSSR count). The molecule has 3 nitrogen and oxygen atoms in total. The number of hydrogen-bond acceptors (Lipinski definition) is 2. The Labute approximate surface area is 35.7 Å². The third-order valence-electron chi connectivity index (χ3n) is 0. The predicted octanol–water partition coefficient (Wildman–Crippen LogP) is 0.140. The first-order valence-corrected chi connectivity index (χ1v) is 0.383. The van der Waals surface area contributed by atoms with Crippen molar-refractivity contribution in [3.63, 3.8) is 0 Å². The molecule has 0 aromatic carbocycles. The van der Waals surface area contributed by atoms with E-state index in [1.165, 1.54) is 5.34 Å². The predicted molar refractivity (Wildman–Crippen MR) is 7.58 cm³/mol. The average molecular weight is 150 g/mol. The minimum absolute atomic E-state index is 0. The van der Waals surface area contributed by atoms with E-state index in [0.29, 0.717) is 0 Å². The normalized spacial score (nSPS) is 3.00. The molecule has 27 valence electrons. The smallest absolute Gasteiger partial charge is 0.152 e. The van der Waals surface area contributed by atoms with Crippen molar-refractivity contribution in [2.75, 3.05) is 0 Å². The molecule has 0 bridgehead atoms. The molecule has 4 heteroatoms. The van der Waals surface area contributed by atoms with Crippen LogP contribution in [0.15, 0.2) is 5.34 Å². The molecule has 0 fully saturated rings. The molecule has 4 heavy (non-hydrogen) atoms. The Balaban J connectivity index is 0. The Morgan fingerprint density at radius 1 is 1.75 bits per heavy atom. The Hall–Kier alpha value is 0.0234. The van der Waals surface area contributed by atoms with Crippen molar-refractivity contribution in [3.8, 4) is 0 Å². The standard InChI is InChI=1S/HNO2.Rh/c2-1-3;/h(H,2,3);. The summed E-state index contributed by atoms with van der Waals surface area (Å²) in [6.45, 7) is 0. The second-order valence-corrected chi connectivity index (χ2v) is 0.0816. The molecule has 0 atom stereocenters. The quantitative estimate of drug-likeness (QED) is 0.303. The van der Waals surface area contributed by atoms with Crippen LogP contribution >= 0.6 is 0 Å². The topological polar surface area (TPSA) is 49.7 Å². The fourth-order valence-corrected chi connectivity index (χ4v) is 0. The van der Waals surface area contributed by atoms with Gasteiger partial charge in [-0.3, -0.25) is 0 Å². The van der Waals surface area contributed by atoms with Crippen LogP contribution in [0, 0.1) is 4.91 Å². The summed E-state index contributed by atoms with van der Waals surface area (Å²) in [6.07, 6.45) is 0. The van der Waals surface area contributed by atoms with Crippen LogP contribution in [0.5, 0.6) is 0 Å². The summed E-state index contributed by atoms with van der Waals surface area (Å²) in [5.41, 5.74) is 0. The van der Waals surface area contributed by atoms with Gasteiger partial charge in [0.1, 0.15) is 0 Å². The summed E-state index contributed by atoms with van der Waals surface area (Å²) < 4.78 is 0. The summed E-state index contributed by atoms with van der Waals surface area (Å²) in [5.74, 6) is 0. The van der Waals surface area contributed by atoms with E-state index in [-0.39, 0.29) is 19.5 Å². The van der Waals surface area contributed by atoms with Gasteiger partial charge in [-0.1, -0.05) is 0 Å². The van der Waals surface area contributed by atoms with Crippen molar-refractivity contribution in [3.05, 3.63) is 4.91 Å². The van der Waals surface area contributed by atoms with Gasteiger partial charge in [-0.15, -0.1) is 4.91 Å². The second-order valence-electron chi connectivity index (χ2n) is 0.0816. The van der Waals surface area contributed by atoms with Crippen LogP contribution in [-0.4, -0.2) is 5.21 Å². The molecule has 1 N–H and O–H groups in total. The molecule has 0 aliphatic heterocycles. The van der Waals surface area contributed by atoms with Crippen LogP contribution in [0.2, 0.25) is 0 Å². The zero-order valence-corrected chi connectivity index (χ0v) is 3.27. The first-order chi connectivity index (χ1) is 1.41. The van der Waals surface area contributed by atoms with E-state index < -0.39 is 0 Å². The Morgan fingerprint density at radius 3 is 1.75 bits per heavy atom. The average Bonchev–Trinajstić information content (AvgIpc) is 0.918. The zero-order chi connectivity index (χ0) is 2.71. The molecule has 0 aromatic heterocycles. The van der Waals surface area contributed by atoms with Crippen molar-refractivity contribution in [2.45, 2.75) is 0 Å². The van der Waals surface area contributed by atoms with Crippen LogP contribution < -0.4 is 0 Å². The molecule has 0 aliphatic rings. The molecule has 0 unspecified atom stereocenters. The van der Waals surface area contributed by atoms with Crippen LogP contribution in [0.3, 0.4) is 0 Å². The van der Waals surface area contributed by atoms with Gasteiger partial charge in [-0.2, -0.15) is 0 Å². The third-order valence-corrected chi connectivity index (χ3v) is 0. The molecule has 0 amide bonds. The fraction of sp³-hybridized carbons (Fsp3) is 0.